The van der Waals surface area contributed by atoms with Crippen LogP contribution in [0.5, 0.6) is 0 Å². The second-order valence-corrected chi connectivity index (χ2v) is 5.32. The lowest BCUT2D eigenvalue weighted by Crippen LogP contribution is -2.23. The third-order valence-electron chi connectivity index (χ3n) is 2.38. The number of nitrogens with one attached hydrogen (secondary N) is 1. The van der Waals surface area contributed by atoms with E-state index >= 15 is 0 Å². The highest BCUT2D eigenvalue weighted by Crippen LogP contribution is 2.28. The third kappa shape index (κ3) is 3.89. The molecule has 0 aliphatic heterocycles. The average molecular weight is 320 g/mol. The fourth-order valence-corrected chi connectivity index (χ4v) is 1.83. The molecule has 1 N–H and O–H groups in total. The van der Waals surface area contributed by atoms with Crippen LogP contribution >= 0.6 is 27.5 Å². The second-order valence-electron chi connectivity index (χ2n) is 4.10. The zero-order valence-corrected chi connectivity index (χ0v) is 12.5. The van der Waals surface area contributed by atoms with Crippen molar-refractivity contribution < 1.29 is 4.79 Å². The molecule has 0 heterocycles. The first-order chi connectivity index (χ1) is 7.95. The lowest BCUT2D eigenvalue weighted by Gasteiger charge is -2.19. The van der Waals surface area contributed by atoms with Crippen LogP contribution in [0.4, 0.5) is 11.4 Å². The maximum absolute atomic E-state index is 11.8. The number of carbonyl (C=O) groups is 1. The third-order valence-corrected chi connectivity index (χ3v) is 3.33. The molecule has 1 unspecified atom stereocenters. The second kappa shape index (κ2) is 6.26. The number of nitrogens with zero attached hydrogens (tertiary/aromatic N) is 1. The van der Waals surface area contributed by atoms with Crippen molar-refractivity contribution in [3.05, 3.63) is 22.7 Å². The van der Waals surface area contributed by atoms with Crippen LogP contribution in [0.25, 0.3) is 0 Å². The summed E-state index contributed by atoms with van der Waals surface area (Å²) >= 11 is 9.06. The van der Waals surface area contributed by atoms with Gasteiger partial charge in [0.05, 0.1) is 11.4 Å². The van der Waals surface area contributed by atoms with E-state index in [1.807, 2.05) is 37.2 Å². The molecule has 0 aromatic heterocycles. The van der Waals surface area contributed by atoms with E-state index in [4.69, 9.17) is 11.6 Å². The normalized spacial score (nSPS) is 12.1. The van der Waals surface area contributed by atoms with Crippen molar-refractivity contribution in [1.29, 1.82) is 0 Å². The van der Waals surface area contributed by atoms with Gasteiger partial charge < -0.3 is 10.2 Å². The molecule has 1 atom stereocenters. The van der Waals surface area contributed by atoms with E-state index < -0.39 is 0 Å². The van der Waals surface area contributed by atoms with E-state index in [-0.39, 0.29) is 11.8 Å². The number of rotatable bonds is 4. The highest BCUT2D eigenvalue weighted by molar-refractivity contribution is 9.10. The van der Waals surface area contributed by atoms with Gasteiger partial charge in [-0.2, -0.15) is 0 Å². The summed E-state index contributed by atoms with van der Waals surface area (Å²) in [5, 5.41) is 2.89. The van der Waals surface area contributed by atoms with Gasteiger partial charge in [0.25, 0.3) is 0 Å². The number of benzene rings is 1. The van der Waals surface area contributed by atoms with E-state index in [2.05, 4.69) is 21.2 Å². The minimum absolute atomic E-state index is 0.0683. The van der Waals surface area contributed by atoms with E-state index in [9.17, 15) is 4.79 Å². The Bertz CT molecular complexity index is 409. The molecule has 0 aliphatic rings. The van der Waals surface area contributed by atoms with Crippen LogP contribution in [0.1, 0.15) is 6.92 Å². The van der Waals surface area contributed by atoms with Crippen LogP contribution in [0, 0.1) is 5.92 Å². The first kappa shape index (κ1) is 14.3. The van der Waals surface area contributed by atoms with Crippen LogP contribution in [-0.4, -0.2) is 25.9 Å². The zero-order valence-electron chi connectivity index (χ0n) is 10.1. The molecule has 0 fully saturated rings. The molecule has 0 aliphatic carbocycles. The van der Waals surface area contributed by atoms with Crippen LogP contribution < -0.4 is 10.2 Å². The summed E-state index contributed by atoms with van der Waals surface area (Å²) in [5.41, 5.74) is 1.75. The molecule has 0 bridgehead atoms. The number of hydrogen-bond donors (Lipinski definition) is 1. The van der Waals surface area contributed by atoms with Gasteiger partial charge in [-0.3, -0.25) is 4.79 Å². The van der Waals surface area contributed by atoms with Crippen LogP contribution in [0.3, 0.4) is 0 Å². The van der Waals surface area contributed by atoms with Crippen molar-refractivity contribution in [2.45, 2.75) is 6.92 Å². The van der Waals surface area contributed by atoms with Gasteiger partial charge in [-0.25, -0.2) is 0 Å². The molecule has 3 nitrogen and oxygen atoms in total. The van der Waals surface area contributed by atoms with Gasteiger partial charge in [0.2, 0.25) is 5.91 Å². The fraction of sp³-hybridized carbons (Fsp3) is 0.417. The molecule has 5 heteroatoms. The van der Waals surface area contributed by atoms with Crippen LogP contribution in [0.2, 0.25) is 0 Å². The Morgan fingerprint density at radius 2 is 2.18 bits per heavy atom. The van der Waals surface area contributed by atoms with Gasteiger partial charge in [0.15, 0.2) is 0 Å². The number of amides is 1. The van der Waals surface area contributed by atoms with Crippen LogP contribution in [0.15, 0.2) is 22.7 Å². The Labute approximate surface area is 115 Å². The molecule has 0 saturated carbocycles. The van der Waals surface area contributed by atoms with Gasteiger partial charge in [0.1, 0.15) is 0 Å². The van der Waals surface area contributed by atoms with Gasteiger partial charge in [-0.05, 0) is 18.2 Å². The van der Waals surface area contributed by atoms with Crippen molar-refractivity contribution in [1.82, 2.24) is 0 Å². The number of hydrogen-bond acceptors (Lipinski definition) is 2. The van der Waals surface area contributed by atoms with E-state index in [1.54, 1.807) is 6.92 Å². The highest BCUT2D eigenvalue weighted by Gasteiger charge is 2.14. The number of halogens is 2. The van der Waals surface area contributed by atoms with Gasteiger partial charge in [-0.15, -0.1) is 11.6 Å². The van der Waals surface area contributed by atoms with Crippen molar-refractivity contribution in [2.24, 2.45) is 5.92 Å². The van der Waals surface area contributed by atoms with Crippen LogP contribution in [-0.2, 0) is 4.79 Å². The molecular weight excluding hydrogens is 304 g/mol. The smallest absolute Gasteiger partial charge is 0.228 e. The number of alkyl halides is 1. The molecule has 17 heavy (non-hydrogen) atoms. The average Bonchev–Trinajstić information content (AvgIpc) is 2.27. The molecule has 0 radical (unpaired) electrons. The Morgan fingerprint density at radius 3 is 2.71 bits per heavy atom. The summed E-state index contributed by atoms with van der Waals surface area (Å²) in [4.78, 5) is 13.8. The molecule has 94 valence electrons. The molecule has 0 spiro atoms. The minimum Gasteiger partial charge on any atom is -0.376 e. The molecule has 1 aromatic carbocycles. The maximum Gasteiger partial charge on any atom is 0.228 e. The lowest BCUT2D eigenvalue weighted by molar-refractivity contribution is -0.118. The Morgan fingerprint density at radius 1 is 1.53 bits per heavy atom. The number of carbonyl (C=O) groups excluding carboxylic acids is 1. The van der Waals surface area contributed by atoms with Gasteiger partial charge >= 0.3 is 0 Å². The molecule has 1 rings (SSSR count). The van der Waals surface area contributed by atoms with Crippen molar-refractivity contribution in [3.8, 4) is 0 Å². The van der Waals surface area contributed by atoms with Gasteiger partial charge in [-0.1, -0.05) is 22.9 Å². The summed E-state index contributed by atoms with van der Waals surface area (Å²) in [6.45, 7) is 1.80. The van der Waals surface area contributed by atoms with Crippen molar-refractivity contribution in [3.63, 3.8) is 0 Å². The van der Waals surface area contributed by atoms with Gasteiger partial charge in [0, 0.05) is 30.4 Å². The summed E-state index contributed by atoms with van der Waals surface area (Å²) in [6.07, 6.45) is 0. The Hall–Kier alpha value is -0.740. The molecular formula is C12H16BrClN2O. The summed E-state index contributed by atoms with van der Waals surface area (Å²) < 4.78 is 0.928. The monoisotopic (exact) mass is 318 g/mol. The molecule has 1 aromatic rings. The Balaban J connectivity index is 2.96. The van der Waals surface area contributed by atoms with E-state index in [1.165, 1.54) is 0 Å². The SMILES string of the molecule is CC(CCl)C(=O)Nc1cc(Br)ccc1N(C)C. The summed E-state index contributed by atoms with van der Waals surface area (Å²) in [7, 11) is 3.87. The first-order valence-electron chi connectivity index (χ1n) is 5.29. The van der Waals surface area contributed by atoms with E-state index in [0.717, 1.165) is 15.8 Å². The molecule has 1 amide bonds. The van der Waals surface area contributed by atoms with Crippen molar-refractivity contribution >= 4 is 44.8 Å². The predicted molar refractivity (Wildman–Crippen MR) is 77.0 cm³/mol. The summed E-state index contributed by atoms with van der Waals surface area (Å²) in [5.74, 6) is 0.0452. The quantitative estimate of drug-likeness (QED) is 0.863. The topological polar surface area (TPSA) is 32.3 Å². The maximum atomic E-state index is 11.8. The standard InChI is InChI=1S/C12H16BrClN2O/c1-8(7-14)12(17)15-10-6-9(13)4-5-11(10)16(2)3/h4-6,8H,7H2,1-3H3,(H,15,17). The summed E-state index contributed by atoms with van der Waals surface area (Å²) in [6, 6.07) is 5.77. The highest BCUT2D eigenvalue weighted by atomic mass is 79.9. The zero-order chi connectivity index (χ0) is 13.0. The Kier molecular flexibility index (Phi) is 5.28. The first-order valence-corrected chi connectivity index (χ1v) is 6.62. The lowest BCUT2D eigenvalue weighted by atomic mass is 10.2. The fourth-order valence-electron chi connectivity index (χ4n) is 1.32. The predicted octanol–water partition coefficient (Wildman–Crippen LogP) is 3.33. The minimum atomic E-state index is -0.203. The largest absolute Gasteiger partial charge is 0.376 e. The number of anilines is 2. The molecule has 0 saturated heterocycles. The van der Waals surface area contributed by atoms with Crippen molar-refractivity contribution in [2.75, 3.05) is 30.2 Å². The van der Waals surface area contributed by atoms with E-state index in [0.29, 0.717) is 5.88 Å².